The van der Waals surface area contributed by atoms with Gasteiger partial charge in [-0.15, -0.1) is 0 Å². The van der Waals surface area contributed by atoms with Crippen LogP contribution in [0.15, 0.2) is 79.3 Å². The fraction of sp³-hybridized carbons (Fsp3) is 0.0769. The van der Waals surface area contributed by atoms with Gasteiger partial charge in [0.15, 0.2) is 0 Å². The van der Waals surface area contributed by atoms with Gasteiger partial charge in [-0.2, -0.15) is 0 Å². The molecule has 0 spiro atoms. The second-order valence-corrected chi connectivity index (χ2v) is 8.47. The molecule has 0 aliphatic rings. The summed E-state index contributed by atoms with van der Waals surface area (Å²) in [5.41, 5.74) is 4.32. The van der Waals surface area contributed by atoms with Crippen molar-refractivity contribution < 1.29 is 14.6 Å². The zero-order valence-corrected chi connectivity index (χ0v) is 21.3. The highest BCUT2D eigenvalue weighted by molar-refractivity contribution is 14.1. The molecule has 0 saturated carbocycles. The van der Waals surface area contributed by atoms with Crippen LogP contribution in [-0.2, 0) is 4.55 Å². The third-order valence-corrected chi connectivity index (χ3v) is 6.19. The van der Waals surface area contributed by atoms with Crippen molar-refractivity contribution in [2.24, 2.45) is 0 Å². The van der Waals surface area contributed by atoms with E-state index in [1.54, 1.807) is 43.7 Å². The number of halogens is 1. The number of nitrogens with zero attached hydrogens (tertiary/aromatic N) is 4. The van der Waals surface area contributed by atoms with Crippen LogP contribution in [-0.4, -0.2) is 37.6 Å². The Kier molecular flexibility index (Phi) is 6.67. The zero-order chi connectivity index (χ0) is 25.1. The monoisotopic (exact) mass is 592 g/mol. The lowest BCUT2D eigenvalue weighted by Gasteiger charge is -2.11. The maximum atomic E-state index is 11.9. The van der Waals surface area contributed by atoms with Crippen LogP contribution in [0.4, 0.5) is 11.6 Å². The number of benzene rings is 2. The summed E-state index contributed by atoms with van der Waals surface area (Å²) in [7, 11) is 1.55. The van der Waals surface area contributed by atoms with E-state index in [0.717, 1.165) is 22.3 Å². The molecule has 0 radical (unpaired) electrons. The van der Waals surface area contributed by atoms with Crippen molar-refractivity contribution in [1.82, 2.24) is 24.8 Å². The Hall–Kier alpha value is -4.19. The predicted molar refractivity (Wildman–Crippen MR) is 146 cm³/mol. The van der Waals surface area contributed by atoms with Gasteiger partial charge in [0.05, 0.1) is 15.6 Å². The molecule has 0 saturated heterocycles. The summed E-state index contributed by atoms with van der Waals surface area (Å²) in [6.07, 6.45) is 4.91. The van der Waals surface area contributed by atoms with Crippen LogP contribution in [0.25, 0.3) is 22.2 Å². The summed E-state index contributed by atoms with van der Waals surface area (Å²) >= 11 is 2.29. The Balaban J connectivity index is 1.44. The zero-order valence-electron chi connectivity index (χ0n) is 19.1. The molecule has 0 fully saturated rings. The van der Waals surface area contributed by atoms with Crippen LogP contribution in [0, 0.1) is 0 Å². The Morgan fingerprint density at radius 2 is 1.83 bits per heavy atom. The summed E-state index contributed by atoms with van der Waals surface area (Å²) in [6.45, 7) is 0. The number of pyridine rings is 2. The van der Waals surface area contributed by atoms with Crippen LogP contribution in [0.3, 0.4) is 0 Å². The molecule has 5 aromatic rings. The van der Waals surface area contributed by atoms with E-state index in [9.17, 15) is 9.90 Å². The van der Waals surface area contributed by atoms with E-state index < -0.39 is 0 Å². The van der Waals surface area contributed by atoms with Gasteiger partial charge in [0.25, 0.3) is 5.91 Å². The van der Waals surface area contributed by atoms with Gasteiger partial charge in [-0.1, -0.05) is 22.6 Å². The molecule has 3 N–H and O–H groups in total. The van der Waals surface area contributed by atoms with Crippen molar-refractivity contribution in [2.45, 2.75) is 4.55 Å². The lowest BCUT2D eigenvalue weighted by atomic mass is 10.1. The molecular weight excluding hydrogens is 571 g/mol. The highest BCUT2D eigenvalue weighted by Gasteiger charge is 2.14. The lowest BCUT2D eigenvalue weighted by Crippen LogP contribution is -2.18. The number of carbonyl (C=O) groups is 1. The first kappa shape index (κ1) is 23.5. The molecule has 36 heavy (non-hydrogen) atoms. The Labute approximate surface area is 220 Å². The first-order valence-electron chi connectivity index (χ1n) is 11.0. The number of phenolic OH excluding ortho intramolecular Hbond substituents is 1. The first-order valence-corrected chi connectivity index (χ1v) is 12.5. The molecule has 0 atom stereocenters. The third-order valence-electron chi connectivity index (χ3n) is 5.51. The third kappa shape index (κ3) is 4.80. The molecule has 180 valence electrons. The number of hydrogen-bond acceptors (Lipinski definition) is 7. The smallest absolute Gasteiger partial charge is 0.269 e. The number of anilines is 2. The Bertz CT molecular complexity index is 1550. The molecule has 0 aliphatic carbocycles. The number of aromatic hydroxyl groups is 1. The largest absolute Gasteiger partial charge is 0.507 e. The number of alkyl halides is 1. The molecule has 3 aromatic heterocycles. The van der Waals surface area contributed by atoms with E-state index in [1.807, 2.05) is 36.4 Å². The average molecular weight is 592 g/mol. The molecule has 2 aromatic carbocycles. The number of carbonyl (C=O) groups excluding carboxylic acids is 1. The van der Waals surface area contributed by atoms with E-state index in [4.69, 9.17) is 9.72 Å². The number of amides is 1. The van der Waals surface area contributed by atoms with Gasteiger partial charge in [0, 0.05) is 49.0 Å². The fourth-order valence-corrected chi connectivity index (χ4v) is 4.45. The van der Waals surface area contributed by atoms with E-state index in [2.05, 4.69) is 47.8 Å². The van der Waals surface area contributed by atoms with Gasteiger partial charge in [-0.3, -0.25) is 14.8 Å². The number of phenols is 1. The maximum absolute atomic E-state index is 11.9. The number of imidazole rings is 1. The van der Waals surface area contributed by atoms with Gasteiger partial charge in [0.2, 0.25) is 5.95 Å². The van der Waals surface area contributed by atoms with E-state index in [1.165, 1.54) is 6.20 Å². The van der Waals surface area contributed by atoms with Gasteiger partial charge >= 0.3 is 0 Å². The molecule has 0 unspecified atom stereocenters. The number of nitrogens with one attached hydrogen (secondary N) is 2. The van der Waals surface area contributed by atoms with Crippen molar-refractivity contribution in [2.75, 3.05) is 12.4 Å². The van der Waals surface area contributed by atoms with Crippen molar-refractivity contribution in [1.29, 1.82) is 0 Å². The second-order valence-electron chi connectivity index (χ2n) is 7.78. The fourth-order valence-electron chi connectivity index (χ4n) is 3.76. The average Bonchev–Trinajstić information content (AvgIpc) is 3.26. The van der Waals surface area contributed by atoms with E-state index >= 15 is 0 Å². The molecule has 1 amide bonds. The number of hydrogen-bond donors (Lipinski definition) is 3. The molecule has 0 aliphatic heterocycles. The SMILES string of the molecule is CNC(=O)c1cc(Oc2ccc3c(c2)nc(Nc2ccc(O)c(-c4ccncc4)c2)n3CI)ccn1. The summed E-state index contributed by atoms with van der Waals surface area (Å²) in [6, 6.07) is 18.0. The van der Waals surface area contributed by atoms with E-state index in [0.29, 0.717) is 27.6 Å². The summed E-state index contributed by atoms with van der Waals surface area (Å²) in [5, 5.41) is 16.3. The predicted octanol–water partition coefficient (Wildman–Crippen LogP) is 5.49. The minimum Gasteiger partial charge on any atom is -0.507 e. The van der Waals surface area contributed by atoms with Crippen LogP contribution in [0.2, 0.25) is 0 Å². The quantitative estimate of drug-likeness (QED) is 0.130. The van der Waals surface area contributed by atoms with Crippen molar-refractivity contribution in [3.05, 3.63) is 84.9 Å². The van der Waals surface area contributed by atoms with Crippen molar-refractivity contribution >= 4 is 51.2 Å². The Morgan fingerprint density at radius 1 is 1.03 bits per heavy atom. The number of rotatable bonds is 7. The minimum atomic E-state index is -0.284. The summed E-state index contributed by atoms with van der Waals surface area (Å²) in [4.78, 5) is 24.8. The second kappa shape index (κ2) is 10.2. The van der Waals surface area contributed by atoms with Gasteiger partial charge in [-0.05, 0) is 54.1 Å². The van der Waals surface area contributed by atoms with Gasteiger partial charge in [-0.25, -0.2) is 4.98 Å². The number of fused-ring (bicyclic) bond motifs is 1. The summed E-state index contributed by atoms with van der Waals surface area (Å²) < 4.78 is 8.70. The van der Waals surface area contributed by atoms with Crippen LogP contribution in [0.1, 0.15) is 10.5 Å². The molecule has 9 nitrogen and oxygen atoms in total. The highest BCUT2D eigenvalue weighted by Crippen LogP contribution is 2.34. The van der Waals surface area contributed by atoms with Crippen molar-refractivity contribution in [3.63, 3.8) is 0 Å². The van der Waals surface area contributed by atoms with Gasteiger partial charge < -0.3 is 25.0 Å². The lowest BCUT2D eigenvalue weighted by molar-refractivity contribution is 0.0958. The topological polar surface area (TPSA) is 114 Å². The summed E-state index contributed by atoms with van der Waals surface area (Å²) in [5.74, 6) is 1.65. The number of ether oxygens (including phenoxy) is 1. The van der Waals surface area contributed by atoms with Crippen molar-refractivity contribution in [3.8, 4) is 28.4 Å². The van der Waals surface area contributed by atoms with Crippen LogP contribution >= 0.6 is 22.6 Å². The Morgan fingerprint density at radius 3 is 2.61 bits per heavy atom. The molecular formula is C26H21IN6O3. The molecule has 0 bridgehead atoms. The maximum Gasteiger partial charge on any atom is 0.269 e. The number of aromatic nitrogens is 4. The highest BCUT2D eigenvalue weighted by atomic mass is 127. The van der Waals surface area contributed by atoms with E-state index in [-0.39, 0.29) is 17.4 Å². The normalized spacial score (nSPS) is 10.8. The van der Waals surface area contributed by atoms with Gasteiger partial charge in [0.1, 0.15) is 22.9 Å². The molecule has 3 heterocycles. The standard InChI is InChI=1S/C26H21IN6O3/c1-28-25(35)22-14-19(8-11-30-22)36-18-3-4-23-21(13-18)32-26(33(23)15-27)31-17-2-5-24(34)20(12-17)16-6-9-29-10-7-16/h2-14,34H,15H2,1H3,(H,28,35)(H,31,32). The molecule has 5 rings (SSSR count). The minimum absolute atomic E-state index is 0.187. The first-order chi connectivity index (χ1) is 17.6. The molecule has 10 heteroatoms. The van der Waals surface area contributed by atoms with Crippen LogP contribution < -0.4 is 15.4 Å². The van der Waals surface area contributed by atoms with Crippen LogP contribution in [0.5, 0.6) is 17.2 Å².